The predicted molar refractivity (Wildman–Crippen MR) is 104 cm³/mol. The molecule has 1 saturated carbocycles. The minimum atomic E-state index is 0. The first-order chi connectivity index (χ1) is 11.6. The lowest BCUT2D eigenvalue weighted by molar-refractivity contribution is -0.135. The molecule has 0 spiro atoms. The molecule has 7 heteroatoms. The number of hydrogen-bond donors (Lipinski definition) is 1. The number of amides is 1. The molecule has 2 fully saturated rings. The minimum absolute atomic E-state index is 0. The monoisotopic (exact) mass is 406 g/mol. The standard InChI is InChI=1S/C18H24Cl2N2O2.ClH/c19-16-3-2-12(10-17(16)20)14-11-15(14)18(23)22-7-4-13(5-8-22)24-9-1-6-21;/h2-3,10,13-15H,1,4-9,11,21H2;1H. The van der Waals surface area contributed by atoms with Gasteiger partial charge in [0.2, 0.25) is 5.91 Å². The molecular formula is C18H25Cl3N2O2. The van der Waals surface area contributed by atoms with Crippen molar-refractivity contribution in [2.24, 2.45) is 11.7 Å². The molecule has 140 valence electrons. The quantitative estimate of drug-likeness (QED) is 0.728. The van der Waals surface area contributed by atoms with Crippen molar-refractivity contribution in [1.82, 2.24) is 4.90 Å². The summed E-state index contributed by atoms with van der Waals surface area (Å²) < 4.78 is 5.80. The highest BCUT2D eigenvalue weighted by molar-refractivity contribution is 6.42. The van der Waals surface area contributed by atoms with E-state index >= 15 is 0 Å². The number of nitrogens with two attached hydrogens (primary N) is 1. The summed E-state index contributed by atoms with van der Waals surface area (Å²) >= 11 is 12.0. The zero-order chi connectivity index (χ0) is 17.1. The van der Waals surface area contributed by atoms with Gasteiger partial charge in [-0.15, -0.1) is 12.4 Å². The maximum absolute atomic E-state index is 12.7. The van der Waals surface area contributed by atoms with Gasteiger partial charge in [0.15, 0.2) is 0 Å². The first-order valence-electron chi connectivity index (χ1n) is 8.65. The molecule has 1 aromatic carbocycles. The van der Waals surface area contributed by atoms with Crippen molar-refractivity contribution in [3.63, 3.8) is 0 Å². The highest BCUT2D eigenvalue weighted by Crippen LogP contribution is 2.49. The minimum Gasteiger partial charge on any atom is -0.378 e. The van der Waals surface area contributed by atoms with E-state index in [0.717, 1.165) is 50.9 Å². The Morgan fingerprint density at radius 3 is 2.60 bits per heavy atom. The zero-order valence-electron chi connectivity index (χ0n) is 14.1. The number of nitrogens with zero attached hydrogens (tertiary/aromatic N) is 1. The van der Waals surface area contributed by atoms with Crippen LogP contribution >= 0.6 is 35.6 Å². The number of rotatable bonds is 6. The topological polar surface area (TPSA) is 55.6 Å². The fraction of sp³-hybridized carbons (Fsp3) is 0.611. The Bertz CT molecular complexity index is 592. The molecule has 1 aromatic rings. The fourth-order valence-electron chi connectivity index (χ4n) is 3.39. The zero-order valence-corrected chi connectivity index (χ0v) is 16.5. The van der Waals surface area contributed by atoms with E-state index in [0.29, 0.717) is 16.6 Å². The van der Waals surface area contributed by atoms with E-state index in [4.69, 9.17) is 33.7 Å². The summed E-state index contributed by atoms with van der Waals surface area (Å²) in [6, 6.07) is 5.67. The third kappa shape index (κ3) is 5.24. The Hall–Kier alpha value is -0.520. The summed E-state index contributed by atoms with van der Waals surface area (Å²) in [7, 11) is 0. The second kappa shape index (κ2) is 9.43. The molecule has 1 heterocycles. The lowest BCUT2D eigenvalue weighted by Gasteiger charge is -2.32. The van der Waals surface area contributed by atoms with Crippen molar-refractivity contribution < 1.29 is 9.53 Å². The summed E-state index contributed by atoms with van der Waals surface area (Å²) in [5.41, 5.74) is 6.59. The van der Waals surface area contributed by atoms with Crippen LogP contribution in [-0.2, 0) is 9.53 Å². The second-order valence-electron chi connectivity index (χ2n) is 6.66. The smallest absolute Gasteiger partial charge is 0.226 e. The summed E-state index contributed by atoms with van der Waals surface area (Å²) in [5, 5.41) is 1.11. The lowest BCUT2D eigenvalue weighted by atomic mass is 10.1. The van der Waals surface area contributed by atoms with Crippen LogP contribution in [0.25, 0.3) is 0 Å². The number of likely N-dealkylation sites (tertiary alicyclic amines) is 1. The lowest BCUT2D eigenvalue weighted by Crippen LogP contribution is -2.42. The van der Waals surface area contributed by atoms with Gasteiger partial charge < -0.3 is 15.4 Å². The maximum Gasteiger partial charge on any atom is 0.226 e. The van der Waals surface area contributed by atoms with Crippen LogP contribution in [0.5, 0.6) is 0 Å². The van der Waals surface area contributed by atoms with Crippen molar-refractivity contribution in [2.45, 2.75) is 37.7 Å². The Morgan fingerprint density at radius 1 is 1.24 bits per heavy atom. The van der Waals surface area contributed by atoms with Crippen LogP contribution in [-0.4, -0.2) is 43.2 Å². The first kappa shape index (κ1) is 20.8. The van der Waals surface area contributed by atoms with Crippen LogP contribution in [0.4, 0.5) is 0 Å². The van der Waals surface area contributed by atoms with Gasteiger partial charge >= 0.3 is 0 Å². The summed E-state index contributed by atoms with van der Waals surface area (Å²) in [4.78, 5) is 14.7. The van der Waals surface area contributed by atoms with E-state index in [-0.39, 0.29) is 36.3 Å². The largest absolute Gasteiger partial charge is 0.378 e. The van der Waals surface area contributed by atoms with E-state index < -0.39 is 0 Å². The van der Waals surface area contributed by atoms with E-state index in [1.165, 1.54) is 0 Å². The van der Waals surface area contributed by atoms with Gasteiger partial charge in [-0.3, -0.25) is 4.79 Å². The molecule has 1 aliphatic heterocycles. The van der Waals surface area contributed by atoms with E-state index in [9.17, 15) is 4.79 Å². The van der Waals surface area contributed by atoms with Gasteiger partial charge in [-0.25, -0.2) is 0 Å². The average molecular weight is 408 g/mol. The molecule has 1 aliphatic carbocycles. The van der Waals surface area contributed by atoms with Crippen LogP contribution < -0.4 is 5.73 Å². The molecule has 0 aromatic heterocycles. The first-order valence-corrected chi connectivity index (χ1v) is 9.41. The normalized spacial score (nSPS) is 23.2. The van der Waals surface area contributed by atoms with Gasteiger partial charge in [-0.1, -0.05) is 29.3 Å². The highest BCUT2D eigenvalue weighted by atomic mass is 35.5. The molecule has 25 heavy (non-hydrogen) atoms. The van der Waals surface area contributed by atoms with Crippen molar-refractivity contribution in [1.29, 1.82) is 0 Å². The van der Waals surface area contributed by atoms with Gasteiger partial charge in [0.05, 0.1) is 16.1 Å². The molecule has 1 saturated heterocycles. The Kier molecular flexibility index (Phi) is 7.84. The predicted octanol–water partition coefficient (Wildman–Crippen LogP) is 3.88. The number of carbonyl (C=O) groups excluding carboxylic acids is 1. The van der Waals surface area contributed by atoms with Crippen molar-refractivity contribution in [3.05, 3.63) is 33.8 Å². The molecule has 1 amide bonds. The summed E-state index contributed by atoms with van der Waals surface area (Å²) in [6.45, 7) is 2.96. The second-order valence-corrected chi connectivity index (χ2v) is 7.47. The molecule has 2 aliphatic rings. The SMILES string of the molecule is Cl.NCCCOC1CCN(C(=O)C2CC2c2ccc(Cl)c(Cl)c2)CC1. The number of carbonyl (C=O) groups is 1. The average Bonchev–Trinajstić information content (AvgIpc) is 3.38. The van der Waals surface area contributed by atoms with Gasteiger partial charge in [0.1, 0.15) is 0 Å². The molecular weight excluding hydrogens is 383 g/mol. The number of piperidine rings is 1. The molecule has 4 nitrogen and oxygen atoms in total. The summed E-state index contributed by atoms with van der Waals surface area (Å²) in [6.07, 6.45) is 3.91. The molecule has 0 bridgehead atoms. The van der Waals surface area contributed by atoms with Crippen molar-refractivity contribution in [3.8, 4) is 0 Å². The van der Waals surface area contributed by atoms with Gasteiger partial charge in [0, 0.05) is 25.6 Å². The molecule has 2 N–H and O–H groups in total. The van der Waals surface area contributed by atoms with Crippen molar-refractivity contribution in [2.75, 3.05) is 26.2 Å². The van der Waals surface area contributed by atoms with Crippen LogP contribution in [0.2, 0.25) is 10.0 Å². The molecule has 2 unspecified atom stereocenters. The Labute approximate surface area is 165 Å². The van der Waals surface area contributed by atoms with E-state index in [1.54, 1.807) is 0 Å². The molecule has 3 rings (SSSR count). The molecule has 0 radical (unpaired) electrons. The third-order valence-corrected chi connectivity index (χ3v) is 5.67. The highest BCUT2D eigenvalue weighted by Gasteiger charge is 2.46. The Balaban J connectivity index is 0.00000225. The maximum atomic E-state index is 12.7. The summed E-state index contributed by atoms with van der Waals surface area (Å²) in [5.74, 6) is 0.647. The third-order valence-electron chi connectivity index (χ3n) is 4.94. The van der Waals surface area contributed by atoms with Crippen LogP contribution in [0, 0.1) is 5.92 Å². The van der Waals surface area contributed by atoms with Crippen LogP contribution in [0.3, 0.4) is 0 Å². The Morgan fingerprint density at radius 2 is 1.96 bits per heavy atom. The van der Waals surface area contributed by atoms with E-state index in [1.807, 2.05) is 23.1 Å². The van der Waals surface area contributed by atoms with Gasteiger partial charge in [-0.2, -0.15) is 0 Å². The van der Waals surface area contributed by atoms with E-state index in [2.05, 4.69) is 0 Å². The number of benzene rings is 1. The molecule has 2 atom stereocenters. The van der Waals surface area contributed by atoms with Crippen LogP contribution in [0.1, 0.15) is 37.2 Å². The number of hydrogen-bond acceptors (Lipinski definition) is 3. The number of ether oxygens (including phenoxy) is 1. The number of halogens is 3. The van der Waals surface area contributed by atoms with Gasteiger partial charge in [-0.05, 0) is 55.8 Å². The van der Waals surface area contributed by atoms with Crippen LogP contribution in [0.15, 0.2) is 18.2 Å². The van der Waals surface area contributed by atoms with Gasteiger partial charge in [0.25, 0.3) is 0 Å². The van der Waals surface area contributed by atoms with Crippen molar-refractivity contribution >= 4 is 41.5 Å². The fourth-order valence-corrected chi connectivity index (χ4v) is 3.70.